The first kappa shape index (κ1) is 91.1. The first-order valence-corrected chi connectivity index (χ1v) is 41.8. The quantitative estimate of drug-likeness (QED) is 0.0222. The topological polar surface area (TPSA) is 237 Å². The van der Waals surface area contributed by atoms with Crippen LogP contribution in [0.15, 0.2) is 0 Å². The van der Waals surface area contributed by atoms with Gasteiger partial charge < -0.3 is 33.8 Å². The van der Waals surface area contributed by atoms with Gasteiger partial charge in [-0.15, -0.1) is 0 Å². The van der Waals surface area contributed by atoms with Crippen molar-refractivity contribution in [1.82, 2.24) is 0 Å². The maximum absolute atomic E-state index is 13.1. The third-order valence-electron chi connectivity index (χ3n) is 17.4. The second-order valence-electron chi connectivity index (χ2n) is 26.7. The van der Waals surface area contributed by atoms with E-state index in [0.29, 0.717) is 25.7 Å². The highest BCUT2D eigenvalue weighted by Crippen LogP contribution is 2.45. The molecule has 0 bridgehead atoms. The predicted molar refractivity (Wildman–Crippen MR) is 377 cm³/mol. The lowest BCUT2D eigenvalue weighted by molar-refractivity contribution is -0.161. The van der Waals surface area contributed by atoms with Gasteiger partial charge in [-0.3, -0.25) is 37.3 Å². The third kappa shape index (κ3) is 68.4. The van der Waals surface area contributed by atoms with Crippen molar-refractivity contribution in [3.63, 3.8) is 0 Å². The number of unbranched alkanes of at least 4 members (excludes halogenated alkanes) is 49. The lowest BCUT2D eigenvalue weighted by atomic mass is 10.0. The van der Waals surface area contributed by atoms with Crippen LogP contribution in [-0.4, -0.2) is 96.7 Å². The van der Waals surface area contributed by atoms with Gasteiger partial charge in [0.15, 0.2) is 12.2 Å². The van der Waals surface area contributed by atoms with Crippen LogP contribution in [-0.2, 0) is 65.4 Å². The van der Waals surface area contributed by atoms with E-state index in [9.17, 15) is 43.2 Å². The maximum atomic E-state index is 13.1. The van der Waals surface area contributed by atoms with Crippen molar-refractivity contribution in [3.8, 4) is 0 Å². The highest BCUT2D eigenvalue weighted by molar-refractivity contribution is 7.47. The number of carbonyl (C=O) groups excluding carboxylic acids is 4. The summed E-state index contributed by atoms with van der Waals surface area (Å²) in [6.45, 7) is 4.87. The van der Waals surface area contributed by atoms with Crippen LogP contribution in [0.2, 0.25) is 0 Å². The van der Waals surface area contributed by atoms with E-state index < -0.39 is 97.5 Å². The van der Waals surface area contributed by atoms with Gasteiger partial charge in [0, 0.05) is 25.7 Å². The zero-order valence-corrected chi connectivity index (χ0v) is 62.0. The normalized spacial score (nSPS) is 13.9. The molecule has 0 amide bonds. The number of hydrogen-bond acceptors (Lipinski definition) is 15. The summed E-state index contributed by atoms with van der Waals surface area (Å²) >= 11 is 0. The number of carbonyl (C=O) groups is 4. The summed E-state index contributed by atoms with van der Waals surface area (Å²) in [6, 6.07) is 0. The van der Waals surface area contributed by atoms with E-state index in [-0.39, 0.29) is 25.7 Å². The molecule has 0 aromatic carbocycles. The Hall–Kier alpha value is -1.94. The van der Waals surface area contributed by atoms with Crippen molar-refractivity contribution >= 4 is 39.5 Å². The Bertz CT molecular complexity index is 1770. The predicted octanol–water partition coefficient (Wildman–Crippen LogP) is 21.8. The fraction of sp³-hybridized carbons (Fsp3) is 0.946. The van der Waals surface area contributed by atoms with Crippen molar-refractivity contribution in [2.45, 2.75) is 412 Å². The lowest BCUT2D eigenvalue weighted by Gasteiger charge is -2.21. The number of phosphoric acid groups is 2. The number of ether oxygens (including phenoxy) is 4. The Morgan fingerprint density at radius 1 is 0.258 bits per heavy atom. The van der Waals surface area contributed by atoms with E-state index in [0.717, 1.165) is 96.3 Å². The molecular formula is C74H144O17P2. The molecule has 17 nitrogen and oxygen atoms in total. The number of rotatable bonds is 75. The Morgan fingerprint density at radius 2 is 0.430 bits per heavy atom. The molecule has 0 aliphatic rings. The summed E-state index contributed by atoms with van der Waals surface area (Å²) < 4.78 is 68.2. The average molecular weight is 1370 g/mol. The van der Waals surface area contributed by atoms with Crippen molar-refractivity contribution in [1.29, 1.82) is 0 Å². The molecule has 0 radical (unpaired) electrons. The molecule has 0 saturated carbocycles. The summed E-state index contributed by atoms with van der Waals surface area (Å²) in [4.78, 5) is 72.4. The maximum Gasteiger partial charge on any atom is 0.472 e. The van der Waals surface area contributed by atoms with Gasteiger partial charge in [0.2, 0.25) is 0 Å². The first-order chi connectivity index (χ1) is 45.2. The number of aliphatic hydroxyl groups excluding tert-OH is 1. The third-order valence-corrected chi connectivity index (χ3v) is 19.3. The smallest absolute Gasteiger partial charge is 0.462 e. The molecule has 93 heavy (non-hydrogen) atoms. The van der Waals surface area contributed by atoms with Crippen molar-refractivity contribution in [3.05, 3.63) is 0 Å². The Kier molecular flexibility index (Phi) is 67.1. The molecule has 0 rings (SSSR count). The molecule has 2 unspecified atom stereocenters. The molecule has 0 aliphatic carbocycles. The summed E-state index contributed by atoms with van der Waals surface area (Å²) in [5, 5.41) is 10.6. The molecule has 0 fully saturated rings. The Balaban J connectivity index is 5.11. The molecule has 0 aromatic rings. The van der Waals surface area contributed by atoms with Crippen LogP contribution in [0.5, 0.6) is 0 Å². The molecule has 0 saturated heterocycles. The number of esters is 4. The minimum absolute atomic E-state index is 0.106. The zero-order chi connectivity index (χ0) is 68.2. The summed E-state index contributed by atoms with van der Waals surface area (Å²) in [5.41, 5.74) is 0. The fourth-order valence-corrected chi connectivity index (χ4v) is 13.0. The van der Waals surface area contributed by atoms with Crippen molar-refractivity contribution in [2.24, 2.45) is 0 Å². The minimum Gasteiger partial charge on any atom is -0.462 e. The Morgan fingerprint density at radius 3 is 0.634 bits per heavy atom. The SMILES string of the molecule is CCCCCCCCCCCCCCCCCCCCCC(=O)OC[C@H](COP(=O)(O)OC[C@@H](O)COP(=O)(O)OC[C@@H](COC(=O)CCCCCCC)OC(=O)CCCCCCCCCCCC)OC(=O)CCCCCCCCCCCCCCCCCCCCC. The van der Waals surface area contributed by atoms with Crippen LogP contribution >= 0.6 is 15.6 Å². The van der Waals surface area contributed by atoms with Gasteiger partial charge in [0.05, 0.1) is 26.4 Å². The molecule has 5 atom stereocenters. The second-order valence-corrected chi connectivity index (χ2v) is 29.6. The van der Waals surface area contributed by atoms with Gasteiger partial charge in [-0.25, -0.2) is 9.13 Å². The Labute approximate surface area is 568 Å². The molecule has 0 heterocycles. The number of aliphatic hydroxyl groups is 1. The van der Waals surface area contributed by atoms with E-state index in [1.54, 1.807) is 0 Å². The highest BCUT2D eigenvalue weighted by atomic mass is 31.2. The summed E-state index contributed by atoms with van der Waals surface area (Å²) in [6.07, 6.45) is 58.8. The molecule has 0 aliphatic heterocycles. The summed E-state index contributed by atoms with van der Waals surface area (Å²) in [7, 11) is -9.89. The van der Waals surface area contributed by atoms with E-state index in [2.05, 4.69) is 27.7 Å². The van der Waals surface area contributed by atoms with Gasteiger partial charge in [-0.05, 0) is 25.7 Å². The van der Waals surface area contributed by atoms with E-state index in [1.807, 2.05) is 0 Å². The molecule has 19 heteroatoms. The molecule has 3 N–H and O–H groups in total. The van der Waals surface area contributed by atoms with E-state index in [1.165, 1.54) is 218 Å². The van der Waals surface area contributed by atoms with E-state index >= 15 is 0 Å². The highest BCUT2D eigenvalue weighted by Gasteiger charge is 2.30. The van der Waals surface area contributed by atoms with Gasteiger partial charge in [-0.2, -0.15) is 0 Å². The standard InChI is InChI=1S/C74H144O17P2/c1-5-9-13-17-20-23-26-28-30-32-34-36-38-40-42-45-47-51-55-59-72(77)85-65-70(91-74(79)61-57-53-49-46-43-41-39-37-35-33-31-29-27-24-21-18-14-10-6-2)67-89-93(82,83)87-63-68(75)62-86-92(80,81)88-66-69(64-84-71(76)58-54-50-16-12-8-4)90-73(78)60-56-52-48-44-25-22-19-15-11-7-3/h68-70,75H,5-67H2,1-4H3,(H,80,81)(H,82,83)/t68-,69+,70+/m0/s1. The molecular weight excluding hydrogens is 1220 g/mol. The van der Waals surface area contributed by atoms with Gasteiger partial charge >= 0.3 is 39.5 Å². The fourth-order valence-electron chi connectivity index (χ4n) is 11.4. The second kappa shape index (κ2) is 68.6. The lowest BCUT2D eigenvalue weighted by Crippen LogP contribution is -2.30. The zero-order valence-electron chi connectivity index (χ0n) is 60.2. The number of hydrogen-bond donors (Lipinski definition) is 3. The van der Waals surface area contributed by atoms with Crippen LogP contribution in [0.4, 0.5) is 0 Å². The average Bonchev–Trinajstić information content (AvgIpc) is 3.56. The molecule has 0 spiro atoms. The largest absolute Gasteiger partial charge is 0.472 e. The van der Waals surface area contributed by atoms with Crippen molar-refractivity contribution in [2.75, 3.05) is 39.6 Å². The van der Waals surface area contributed by atoms with Gasteiger partial charge in [-0.1, -0.05) is 342 Å². The first-order valence-electron chi connectivity index (χ1n) is 38.8. The van der Waals surface area contributed by atoms with Gasteiger partial charge in [0.1, 0.15) is 19.3 Å². The molecule has 0 aromatic heterocycles. The van der Waals surface area contributed by atoms with Crippen LogP contribution < -0.4 is 0 Å². The van der Waals surface area contributed by atoms with Gasteiger partial charge in [0.25, 0.3) is 0 Å². The van der Waals surface area contributed by atoms with Crippen LogP contribution in [0.1, 0.15) is 394 Å². The van der Waals surface area contributed by atoms with Crippen molar-refractivity contribution < 1.29 is 80.2 Å². The van der Waals surface area contributed by atoms with Crippen LogP contribution in [0, 0.1) is 0 Å². The van der Waals surface area contributed by atoms with E-state index in [4.69, 9.17) is 37.0 Å². The summed E-state index contributed by atoms with van der Waals surface area (Å²) in [5.74, 6) is -2.13. The minimum atomic E-state index is -4.95. The van der Waals surface area contributed by atoms with Crippen LogP contribution in [0.3, 0.4) is 0 Å². The number of phosphoric ester groups is 2. The monoisotopic (exact) mass is 1370 g/mol. The van der Waals surface area contributed by atoms with Crippen LogP contribution in [0.25, 0.3) is 0 Å². The molecule has 552 valence electrons.